The first kappa shape index (κ1) is 14.2. The predicted molar refractivity (Wildman–Crippen MR) is 68.9 cm³/mol. The van der Waals surface area contributed by atoms with Gasteiger partial charge in [-0.25, -0.2) is 4.98 Å². The number of benzene rings is 1. The van der Waals surface area contributed by atoms with Crippen molar-refractivity contribution in [1.82, 2.24) is 4.98 Å². The Kier molecular flexibility index (Phi) is 3.86. The molecule has 3 nitrogen and oxygen atoms in total. The second kappa shape index (κ2) is 5.43. The number of pyridine rings is 1. The summed E-state index contributed by atoms with van der Waals surface area (Å²) in [6, 6.07) is 8.97. The highest BCUT2D eigenvalue weighted by atomic mass is 32.2. The number of anilines is 1. The van der Waals surface area contributed by atoms with E-state index in [2.05, 4.69) is 4.98 Å². The molecule has 1 aromatic heterocycles. The van der Waals surface area contributed by atoms with Crippen LogP contribution < -0.4 is 5.73 Å². The Morgan fingerprint density at radius 2 is 1.95 bits per heavy atom. The molecule has 0 saturated carbocycles. The van der Waals surface area contributed by atoms with E-state index in [1.54, 1.807) is 12.1 Å². The Morgan fingerprint density at radius 1 is 1.20 bits per heavy atom. The van der Waals surface area contributed by atoms with Crippen LogP contribution in [0.3, 0.4) is 0 Å². The van der Waals surface area contributed by atoms with Crippen LogP contribution in [0.15, 0.2) is 46.5 Å². The molecule has 102 valence electrons. The zero-order valence-corrected chi connectivity index (χ0v) is 10.8. The van der Waals surface area contributed by atoms with Crippen molar-refractivity contribution in [1.29, 1.82) is 5.26 Å². The van der Waals surface area contributed by atoms with Gasteiger partial charge in [-0.05, 0) is 30.3 Å². The van der Waals surface area contributed by atoms with Crippen LogP contribution in [-0.4, -0.2) is 4.98 Å². The standard InChI is InChI=1S/C13H8F3N3S/c14-13(15,16)9-1-4-12(19-7-9)20-11-3-2-10(18)5-8(11)6-17/h1-5,7H,18H2. The van der Waals surface area contributed by atoms with E-state index < -0.39 is 11.7 Å². The van der Waals surface area contributed by atoms with Gasteiger partial charge in [0.15, 0.2) is 0 Å². The SMILES string of the molecule is N#Cc1cc(N)ccc1Sc1ccc(C(F)(F)F)cn1. The van der Waals surface area contributed by atoms with Gasteiger partial charge in [-0.2, -0.15) is 18.4 Å². The Balaban J connectivity index is 2.25. The molecule has 1 aromatic carbocycles. The average Bonchev–Trinajstić information content (AvgIpc) is 2.40. The Labute approximate surface area is 117 Å². The maximum atomic E-state index is 12.4. The number of nitrogens with two attached hydrogens (primary N) is 1. The maximum absolute atomic E-state index is 12.4. The number of halogens is 3. The third-order valence-corrected chi connectivity index (χ3v) is 3.43. The minimum atomic E-state index is -4.41. The lowest BCUT2D eigenvalue weighted by Gasteiger charge is -2.07. The second-order valence-electron chi connectivity index (χ2n) is 3.85. The first-order valence-electron chi connectivity index (χ1n) is 5.41. The number of hydrogen-bond acceptors (Lipinski definition) is 4. The molecule has 0 aliphatic heterocycles. The van der Waals surface area contributed by atoms with Crippen LogP contribution in [0, 0.1) is 11.3 Å². The molecule has 0 aliphatic carbocycles. The van der Waals surface area contributed by atoms with Gasteiger partial charge < -0.3 is 5.73 Å². The fourth-order valence-electron chi connectivity index (χ4n) is 1.44. The minimum Gasteiger partial charge on any atom is -0.399 e. The summed E-state index contributed by atoms with van der Waals surface area (Å²) in [5.41, 5.74) is 5.57. The second-order valence-corrected chi connectivity index (χ2v) is 4.91. The number of hydrogen-bond donors (Lipinski definition) is 1. The van der Waals surface area contributed by atoms with Gasteiger partial charge in [0.1, 0.15) is 11.1 Å². The van der Waals surface area contributed by atoms with E-state index in [9.17, 15) is 13.2 Å². The zero-order valence-electron chi connectivity index (χ0n) is 9.98. The summed E-state index contributed by atoms with van der Waals surface area (Å²) in [5.74, 6) is 0. The zero-order chi connectivity index (χ0) is 14.8. The molecule has 0 spiro atoms. The number of nitriles is 1. The van der Waals surface area contributed by atoms with Crippen LogP contribution in [0.5, 0.6) is 0 Å². The van der Waals surface area contributed by atoms with Crippen LogP contribution in [0.2, 0.25) is 0 Å². The van der Waals surface area contributed by atoms with E-state index in [0.29, 0.717) is 21.2 Å². The molecule has 0 saturated heterocycles. The van der Waals surface area contributed by atoms with Crippen molar-refractivity contribution in [3.8, 4) is 6.07 Å². The summed E-state index contributed by atoms with van der Waals surface area (Å²) in [7, 11) is 0. The van der Waals surface area contributed by atoms with Crippen LogP contribution >= 0.6 is 11.8 Å². The van der Waals surface area contributed by atoms with Gasteiger partial charge in [-0.1, -0.05) is 11.8 Å². The average molecular weight is 295 g/mol. The van der Waals surface area contributed by atoms with Crippen LogP contribution in [0.4, 0.5) is 18.9 Å². The Morgan fingerprint density at radius 3 is 2.50 bits per heavy atom. The summed E-state index contributed by atoms with van der Waals surface area (Å²) in [5, 5.41) is 9.36. The maximum Gasteiger partial charge on any atom is 0.417 e. The van der Waals surface area contributed by atoms with E-state index in [1.807, 2.05) is 6.07 Å². The number of nitrogens with zero attached hydrogens (tertiary/aromatic N) is 2. The summed E-state index contributed by atoms with van der Waals surface area (Å²) in [4.78, 5) is 4.33. The highest BCUT2D eigenvalue weighted by molar-refractivity contribution is 7.99. The molecule has 1 heterocycles. The van der Waals surface area contributed by atoms with Crippen molar-refractivity contribution in [2.45, 2.75) is 16.1 Å². The molecule has 0 radical (unpaired) electrons. The highest BCUT2D eigenvalue weighted by Crippen LogP contribution is 2.33. The summed E-state index contributed by atoms with van der Waals surface area (Å²) in [6.45, 7) is 0. The van der Waals surface area contributed by atoms with Crippen LogP contribution in [0.1, 0.15) is 11.1 Å². The molecule has 2 N–H and O–H groups in total. The topological polar surface area (TPSA) is 62.7 Å². The van der Waals surface area contributed by atoms with Gasteiger partial charge in [0.2, 0.25) is 0 Å². The van der Waals surface area contributed by atoms with E-state index in [0.717, 1.165) is 24.0 Å². The monoisotopic (exact) mass is 295 g/mol. The molecule has 2 rings (SSSR count). The molecular formula is C13H8F3N3S. The summed E-state index contributed by atoms with van der Waals surface area (Å²) >= 11 is 1.11. The lowest BCUT2D eigenvalue weighted by Crippen LogP contribution is -2.05. The van der Waals surface area contributed by atoms with Gasteiger partial charge in [0.05, 0.1) is 11.1 Å². The van der Waals surface area contributed by atoms with Crippen molar-refractivity contribution >= 4 is 17.4 Å². The molecule has 0 bridgehead atoms. The first-order chi connectivity index (χ1) is 9.40. The van der Waals surface area contributed by atoms with Crippen LogP contribution in [-0.2, 0) is 6.18 Å². The smallest absolute Gasteiger partial charge is 0.399 e. The lowest BCUT2D eigenvalue weighted by atomic mass is 10.2. The molecule has 0 amide bonds. The summed E-state index contributed by atoms with van der Waals surface area (Å²) in [6.07, 6.45) is -3.64. The number of alkyl halides is 3. The van der Waals surface area contributed by atoms with Crippen molar-refractivity contribution in [2.75, 3.05) is 5.73 Å². The third kappa shape index (κ3) is 3.22. The fourth-order valence-corrected chi connectivity index (χ4v) is 2.26. The molecule has 2 aromatic rings. The van der Waals surface area contributed by atoms with E-state index in [1.165, 1.54) is 12.1 Å². The molecule has 0 atom stereocenters. The minimum absolute atomic E-state index is 0.358. The fraction of sp³-hybridized carbons (Fsp3) is 0.0769. The molecule has 7 heteroatoms. The van der Waals surface area contributed by atoms with E-state index >= 15 is 0 Å². The van der Waals surface area contributed by atoms with Crippen molar-refractivity contribution in [3.05, 3.63) is 47.7 Å². The van der Waals surface area contributed by atoms with Gasteiger partial charge in [-0.15, -0.1) is 0 Å². The summed E-state index contributed by atoms with van der Waals surface area (Å²) < 4.78 is 37.2. The molecule has 0 aliphatic rings. The predicted octanol–water partition coefficient (Wildman–Crippen LogP) is 3.71. The first-order valence-corrected chi connectivity index (χ1v) is 6.22. The lowest BCUT2D eigenvalue weighted by molar-refractivity contribution is -0.137. The molecule has 20 heavy (non-hydrogen) atoms. The molecule has 0 unspecified atom stereocenters. The highest BCUT2D eigenvalue weighted by Gasteiger charge is 2.30. The molecule has 0 fully saturated rings. The number of nitrogen functional groups attached to an aromatic ring is 1. The van der Waals surface area contributed by atoms with Crippen molar-refractivity contribution in [2.24, 2.45) is 0 Å². The third-order valence-electron chi connectivity index (χ3n) is 2.40. The Bertz CT molecular complexity index is 660. The van der Waals surface area contributed by atoms with Gasteiger partial charge in [0.25, 0.3) is 0 Å². The largest absolute Gasteiger partial charge is 0.417 e. The number of rotatable bonds is 2. The Hall–Kier alpha value is -2.20. The van der Waals surface area contributed by atoms with Gasteiger partial charge in [-0.3, -0.25) is 0 Å². The normalized spacial score (nSPS) is 11.1. The number of aromatic nitrogens is 1. The quantitative estimate of drug-likeness (QED) is 0.858. The molecular weight excluding hydrogens is 287 g/mol. The van der Waals surface area contributed by atoms with Crippen LogP contribution in [0.25, 0.3) is 0 Å². The van der Waals surface area contributed by atoms with Crippen molar-refractivity contribution in [3.63, 3.8) is 0 Å². The van der Waals surface area contributed by atoms with Crippen molar-refractivity contribution < 1.29 is 13.2 Å². The van der Waals surface area contributed by atoms with E-state index in [-0.39, 0.29) is 0 Å². The van der Waals surface area contributed by atoms with E-state index in [4.69, 9.17) is 11.0 Å². The van der Waals surface area contributed by atoms with Gasteiger partial charge in [0, 0.05) is 16.8 Å². The van der Waals surface area contributed by atoms with Gasteiger partial charge >= 0.3 is 6.18 Å².